The van der Waals surface area contributed by atoms with Crippen LogP contribution < -0.4 is 15.5 Å². The van der Waals surface area contributed by atoms with Gasteiger partial charge in [0.25, 0.3) is 0 Å². The highest BCUT2D eigenvalue weighted by Crippen LogP contribution is 2.39. The molecule has 1 unspecified atom stereocenters. The van der Waals surface area contributed by atoms with Crippen LogP contribution in [0.5, 0.6) is 0 Å². The highest BCUT2D eigenvalue weighted by atomic mass is 79.9. The lowest BCUT2D eigenvalue weighted by Crippen LogP contribution is -2.29. The first kappa shape index (κ1) is 14.9. The number of halogens is 1. The number of carbonyl (C=O) groups excluding carboxylic acids is 1. The summed E-state index contributed by atoms with van der Waals surface area (Å²) in [6.45, 7) is 5.16. The Kier molecular flexibility index (Phi) is 4.50. The van der Waals surface area contributed by atoms with E-state index in [4.69, 9.17) is 0 Å². The predicted molar refractivity (Wildman–Crippen MR) is 89.9 cm³/mol. The third-order valence-corrected chi connectivity index (χ3v) is 4.88. The highest BCUT2D eigenvalue weighted by molar-refractivity contribution is 9.10. The third kappa shape index (κ3) is 2.94. The number of anilines is 2. The Balaban J connectivity index is 1.88. The van der Waals surface area contributed by atoms with Crippen LogP contribution in [0.25, 0.3) is 0 Å². The highest BCUT2D eigenvalue weighted by Gasteiger charge is 2.31. The summed E-state index contributed by atoms with van der Waals surface area (Å²) in [5, 5.41) is 6.33. The molecule has 1 aromatic rings. The molecule has 1 aromatic carbocycles. The standard InChI is InChI=1S/C16H22BrN3O/c1-2-6-18-15-11-9-12(17)14(10-13(11)19-16(15)21)20-7-4-3-5-8-20/h9-10,15,18H,2-8H2,1H3,(H,19,21). The second-order valence-electron chi connectivity index (χ2n) is 5.81. The quantitative estimate of drug-likeness (QED) is 0.873. The molecule has 2 aliphatic rings. The van der Waals surface area contributed by atoms with Crippen LogP contribution in [-0.2, 0) is 4.79 Å². The van der Waals surface area contributed by atoms with Crippen LogP contribution in [0.1, 0.15) is 44.2 Å². The fourth-order valence-corrected chi connectivity index (χ4v) is 3.75. The molecule has 0 aromatic heterocycles. The van der Waals surface area contributed by atoms with Gasteiger partial charge in [-0.1, -0.05) is 6.92 Å². The summed E-state index contributed by atoms with van der Waals surface area (Å²) in [6.07, 6.45) is 4.83. The zero-order chi connectivity index (χ0) is 14.8. The Bertz CT molecular complexity index is 541. The summed E-state index contributed by atoms with van der Waals surface area (Å²) in [5.74, 6) is 0.0566. The minimum Gasteiger partial charge on any atom is -0.371 e. The zero-order valence-corrected chi connectivity index (χ0v) is 14.0. The largest absolute Gasteiger partial charge is 0.371 e. The van der Waals surface area contributed by atoms with E-state index in [2.05, 4.69) is 50.5 Å². The number of piperidine rings is 1. The molecule has 0 radical (unpaired) electrons. The number of benzene rings is 1. The number of carbonyl (C=O) groups is 1. The van der Waals surface area contributed by atoms with Gasteiger partial charge in [-0.05, 0) is 60.3 Å². The average molecular weight is 352 g/mol. The fraction of sp³-hybridized carbons (Fsp3) is 0.562. The molecule has 21 heavy (non-hydrogen) atoms. The molecule has 2 heterocycles. The van der Waals surface area contributed by atoms with Crippen molar-refractivity contribution in [2.75, 3.05) is 29.9 Å². The molecule has 2 aliphatic heterocycles. The van der Waals surface area contributed by atoms with Crippen LogP contribution in [-0.4, -0.2) is 25.5 Å². The summed E-state index contributed by atoms with van der Waals surface area (Å²) in [4.78, 5) is 14.5. The van der Waals surface area contributed by atoms with E-state index in [9.17, 15) is 4.79 Å². The smallest absolute Gasteiger partial charge is 0.246 e. The van der Waals surface area contributed by atoms with Crippen molar-refractivity contribution in [1.82, 2.24) is 5.32 Å². The van der Waals surface area contributed by atoms with Gasteiger partial charge in [-0.25, -0.2) is 0 Å². The van der Waals surface area contributed by atoms with Crippen LogP contribution in [0, 0.1) is 0 Å². The van der Waals surface area contributed by atoms with E-state index in [1.54, 1.807) is 0 Å². The Hall–Kier alpha value is -1.07. The normalized spacial score (nSPS) is 21.3. The molecule has 0 spiro atoms. The minimum absolute atomic E-state index is 0.0566. The van der Waals surface area contributed by atoms with Crippen molar-refractivity contribution in [3.8, 4) is 0 Å². The van der Waals surface area contributed by atoms with Gasteiger partial charge in [0, 0.05) is 28.8 Å². The van der Waals surface area contributed by atoms with Gasteiger partial charge in [-0.2, -0.15) is 0 Å². The van der Waals surface area contributed by atoms with Gasteiger partial charge >= 0.3 is 0 Å². The van der Waals surface area contributed by atoms with Gasteiger partial charge in [0.15, 0.2) is 0 Å². The molecule has 4 nitrogen and oxygen atoms in total. The van der Waals surface area contributed by atoms with Crippen molar-refractivity contribution >= 4 is 33.2 Å². The number of hydrogen-bond acceptors (Lipinski definition) is 3. The fourth-order valence-electron chi connectivity index (χ4n) is 3.14. The topological polar surface area (TPSA) is 44.4 Å². The molecule has 0 saturated carbocycles. The first-order chi connectivity index (χ1) is 10.2. The molecular weight excluding hydrogens is 330 g/mol. The van der Waals surface area contributed by atoms with Gasteiger partial charge in [0.1, 0.15) is 6.04 Å². The Morgan fingerprint density at radius 2 is 2.10 bits per heavy atom. The van der Waals surface area contributed by atoms with E-state index in [0.717, 1.165) is 41.8 Å². The Morgan fingerprint density at radius 1 is 1.33 bits per heavy atom. The second kappa shape index (κ2) is 6.36. The van der Waals surface area contributed by atoms with Crippen molar-refractivity contribution in [1.29, 1.82) is 0 Å². The van der Waals surface area contributed by atoms with Crippen LogP contribution in [0.2, 0.25) is 0 Å². The second-order valence-corrected chi connectivity index (χ2v) is 6.67. The SMILES string of the molecule is CCCNC1C(=O)Nc2cc(N3CCCCC3)c(Br)cc21. The molecule has 0 bridgehead atoms. The number of hydrogen-bond donors (Lipinski definition) is 2. The van der Waals surface area contributed by atoms with E-state index in [1.165, 1.54) is 24.9 Å². The maximum Gasteiger partial charge on any atom is 0.246 e. The van der Waals surface area contributed by atoms with E-state index < -0.39 is 0 Å². The lowest BCUT2D eigenvalue weighted by atomic mass is 10.1. The van der Waals surface area contributed by atoms with Crippen molar-refractivity contribution in [3.63, 3.8) is 0 Å². The average Bonchev–Trinajstić information content (AvgIpc) is 2.80. The van der Waals surface area contributed by atoms with Crippen molar-refractivity contribution in [2.45, 2.75) is 38.6 Å². The maximum atomic E-state index is 12.1. The van der Waals surface area contributed by atoms with E-state index >= 15 is 0 Å². The number of nitrogens with zero attached hydrogens (tertiary/aromatic N) is 1. The molecule has 3 rings (SSSR count). The first-order valence-electron chi connectivity index (χ1n) is 7.83. The van der Waals surface area contributed by atoms with Gasteiger partial charge in [-0.3, -0.25) is 4.79 Å². The van der Waals surface area contributed by atoms with Crippen LogP contribution >= 0.6 is 15.9 Å². The first-order valence-corrected chi connectivity index (χ1v) is 8.62. The summed E-state index contributed by atoms with van der Waals surface area (Å²) in [7, 11) is 0. The molecule has 5 heteroatoms. The maximum absolute atomic E-state index is 12.1. The summed E-state index contributed by atoms with van der Waals surface area (Å²) >= 11 is 3.69. The van der Waals surface area contributed by atoms with E-state index in [1.807, 2.05) is 0 Å². The predicted octanol–water partition coefficient (Wildman–Crippen LogP) is 3.43. The minimum atomic E-state index is -0.216. The number of amides is 1. The molecule has 114 valence electrons. The molecule has 2 N–H and O–H groups in total. The molecule has 1 saturated heterocycles. The van der Waals surface area contributed by atoms with E-state index in [0.29, 0.717) is 0 Å². The Labute approximate surface area is 134 Å². The lowest BCUT2D eigenvalue weighted by Gasteiger charge is -2.30. The molecule has 0 aliphatic carbocycles. The molecular formula is C16H22BrN3O. The monoisotopic (exact) mass is 351 g/mol. The van der Waals surface area contributed by atoms with Crippen molar-refractivity contribution in [3.05, 3.63) is 22.2 Å². The van der Waals surface area contributed by atoms with Gasteiger partial charge in [-0.15, -0.1) is 0 Å². The van der Waals surface area contributed by atoms with Gasteiger partial charge < -0.3 is 15.5 Å². The lowest BCUT2D eigenvalue weighted by molar-refractivity contribution is -0.117. The number of rotatable bonds is 4. The Morgan fingerprint density at radius 3 is 2.81 bits per heavy atom. The van der Waals surface area contributed by atoms with Crippen LogP contribution in [0.4, 0.5) is 11.4 Å². The summed E-state index contributed by atoms with van der Waals surface area (Å²) in [6, 6.07) is 4.01. The van der Waals surface area contributed by atoms with Gasteiger partial charge in [0.2, 0.25) is 5.91 Å². The summed E-state index contributed by atoms with van der Waals surface area (Å²) < 4.78 is 1.09. The molecule has 1 amide bonds. The molecule has 1 atom stereocenters. The molecule has 1 fully saturated rings. The van der Waals surface area contributed by atoms with Crippen LogP contribution in [0.15, 0.2) is 16.6 Å². The van der Waals surface area contributed by atoms with Crippen LogP contribution in [0.3, 0.4) is 0 Å². The van der Waals surface area contributed by atoms with Crippen molar-refractivity contribution in [2.24, 2.45) is 0 Å². The van der Waals surface area contributed by atoms with E-state index in [-0.39, 0.29) is 11.9 Å². The third-order valence-electron chi connectivity index (χ3n) is 4.25. The zero-order valence-electron chi connectivity index (χ0n) is 12.4. The van der Waals surface area contributed by atoms with Gasteiger partial charge in [0.05, 0.1) is 5.69 Å². The number of fused-ring (bicyclic) bond motifs is 1. The van der Waals surface area contributed by atoms with Crippen molar-refractivity contribution < 1.29 is 4.79 Å². The summed E-state index contributed by atoms with van der Waals surface area (Å²) in [5.41, 5.74) is 3.21. The number of nitrogens with one attached hydrogen (secondary N) is 2.